The quantitative estimate of drug-likeness (QED) is 0.834. The molecular weight excluding hydrogens is 356 g/mol. The van der Waals surface area contributed by atoms with Gasteiger partial charge in [-0.25, -0.2) is 0 Å². The summed E-state index contributed by atoms with van der Waals surface area (Å²) in [7, 11) is 3.18. The molecule has 2 aromatic carbocycles. The molecule has 0 aliphatic carbocycles. The molecule has 6 nitrogen and oxygen atoms in total. The standard InChI is InChI=1S/C22H26N2O4/c1-27-19-9-5-3-7-17(19)15-23-21(25)16-11-13-24(14-12-16)22(26)18-8-4-6-10-20(18)28-2/h3-10,16H,11-15H2,1-2H3,(H,23,25). The van der Waals surface area contributed by atoms with Crippen molar-refractivity contribution in [1.82, 2.24) is 10.2 Å². The Morgan fingerprint density at radius 1 is 0.964 bits per heavy atom. The molecule has 1 heterocycles. The van der Waals surface area contributed by atoms with Crippen LogP contribution in [-0.2, 0) is 11.3 Å². The van der Waals surface area contributed by atoms with Crippen molar-refractivity contribution in [2.75, 3.05) is 27.3 Å². The molecule has 1 aliphatic heterocycles. The van der Waals surface area contributed by atoms with Crippen LogP contribution in [0.3, 0.4) is 0 Å². The van der Waals surface area contributed by atoms with Gasteiger partial charge >= 0.3 is 0 Å². The van der Waals surface area contributed by atoms with Crippen LogP contribution in [0.25, 0.3) is 0 Å². The molecule has 148 valence electrons. The Morgan fingerprint density at radius 3 is 2.25 bits per heavy atom. The maximum atomic E-state index is 12.8. The van der Waals surface area contributed by atoms with Crippen molar-refractivity contribution in [3.63, 3.8) is 0 Å². The summed E-state index contributed by atoms with van der Waals surface area (Å²) in [5, 5.41) is 2.99. The molecule has 1 aliphatic rings. The second kappa shape index (κ2) is 9.26. The molecule has 0 saturated carbocycles. The minimum absolute atomic E-state index is 0.0234. The highest BCUT2D eigenvalue weighted by atomic mass is 16.5. The van der Waals surface area contributed by atoms with Gasteiger partial charge in [0.1, 0.15) is 11.5 Å². The Morgan fingerprint density at radius 2 is 1.57 bits per heavy atom. The van der Waals surface area contributed by atoms with Gasteiger partial charge in [-0.3, -0.25) is 9.59 Å². The minimum Gasteiger partial charge on any atom is -0.496 e. The topological polar surface area (TPSA) is 67.9 Å². The van der Waals surface area contributed by atoms with Crippen LogP contribution < -0.4 is 14.8 Å². The molecule has 3 rings (SSSR count). The lowest BCUT2D eigenvalue weighted by Gasteiger charge is -2.31. The van der Waals surface area contributed by atoms with Crippen LogP contribution in [0.2, 0.25) is 0 Å². The molecular formula is C22H26N2O4. The fourth-order valence-corrected chi connectivity index (χ4v) is 3.51. The zero-order chi connectivity index (χ0) is 19.9. The Kier molecular flexibility index (Phi) is 6.53. The molecule has 28 heavy (non-hydrogen) atoms. The van der Waals surface area contributed by atoms with Crippen molar-refractivity contribution >= 4 is 11.8 Å². The van der Waals surface area contributed by atoms with E-state index in [0.29, 0.717) is 43.8 Å². The van der Waals surface area contributed by atoms with Crippen LogP contribution >= 0.6 is 0 Å². The summed E-state index contributed by atoms with van der Waals surface area (Å²) in [6.07, 6.45) is 1.30. The van der Waals surface area contributed by atoms with Gasteiger partial charge in [0.25, 0.3) is 5.91 Å². The number of carbonyl (C=O) groups excluding carboxylic acids is 2. The van der Waals surface area contributed by atoms with Crippen molar-refractivity contribution in [2.24, 2.45) is 5.92 Å². The largest absolute Gasteiger partial charge is 0.496 e. The van der Waals surface area contributed by atoms with Crippen molar-refractivity contribution in [1.29, 1.82) is 0 Å². The summed E-state index contributed by atoms with van der Waals surface area (Å²) in [6, 6.07) is 14.9. The monoisotopic (exact) mass is 382 g/mol. The number of hydrogen-bond acceptors (Lipinski definition) is 4. The second-order valence-corrected chi connectivity index (χ2v) is 6.80. The third kappa shape index (κ3) is 4.44. The van der Waals surface area contributed by atoms with Gasteiger partial charge in [0.2, 0.25) is 5.91 Å². The number of piperidine rings is 1. The van der Waals surface area contributed by atoms with Crippen molar-refractivity contribution < 1.29 is 19.1 Å². The maximum absolute atomic E-state index is 12.8. The Bertz CT molecular complexity index is 829. The molecule has 0 radical (unpaired) electrons. The van der Waals surface area contributed by atoms with Crippen LogP contribution in [0.4, 0.5) is 0 Å². The van der Waals surface area contributed by atoms with Crippen LogP contribution in [0.5, 0.6) is 11.5 Å². The van der Waals surface area contributed by atoms with Crippen molar-refractivity contribution in [2.45, 2.75) is 19.4 Å². The normalized spacial score (nSPS) is 14.4. The molecule has 0 spiro atoms. The van der Waals surface area contributed by atoms with Gasteiger partial charge in [-0.1, -0.05) is 30.3 Å². The van der Waals surface area contributed by atoms with Crippen LogP contribution in [0, 0.1) is 5.92 Å². The summed E-state index contributed by atoms with van der Waals surface area (Å²) in [5.74, 6) is 1.22. The van der Waals surface area contributed by atoms with Gasteiger partial charge in [0.15, 0.2) is 0 Å². The van der Waals surface area contributed by atoms with E-state index in [9.17, 15) is 9.59 Å². The Hall–Kier alpha value is -3.02. The van der Waals surface area contributed by atoms with E-state index < -0.39 is 0 Å². The van der Waals surface area contributed by atoms with Crippen LogP contribution in [-0.4, -0.2) is 44.0 Å². The number of para-hydroxylation sites is 2. The zero-order valence-electron chi connectivity index (χ0n) is 16.3. The molecule has 0 atom stereocenters. The highest BCUT2D eigenvalue weighted by molar-refractivity contribution is 5.97. The van der Waals surface area contributed by atoms with Gasteiger partial charge in [-0.15, -0.1) is 0 Å². The summed E-state index contributed by atoms with van der Waals surface area (Å²) >= 11 is 0. The molecule has 2 aromatic rings. The Labute approximate surface area is 165 Å². The first-order chi connectivity index (χ1) is 13.6. The summed E-state index contributed by atoms with van der Waals surface area (Å²) in [6.45, 7) is 1.55. The highest BCUT2D eigenvalue weighted by Gasteiger charge is 2.28. The predicted octanol–water partition coefficient (Wildman–Crippen LogP) is 2.87. The molecule has 6 heteroatoms. The number of ether oxygens (including phenoxy) is 2. The van der Waals surface area contributed by atoms with Crippen LogP contribution in [0.15, 0.2) is 48.5 Å². The van der Waals surface area contributed by atoms with E-state index in [0.717, 1.165) is 11.3 Å². The number of methoxy groups -OCH3 is 2. The zero-order valence-corrected chi connectivity index (χ0v) is 16.3. The summed E-state index contributed by atoms with van der Waals surface area (Å²) < 4.78 is 10.6. The number of amides is 2. The SMILES string of the molecule is COc1ccccc1CNC(=O)C1CCN(C(=O)c2ccccc2OC)CC1. The fraction of sp³-hybridized carbons (Fsp3) is 0.364. The average Bonchev–Trinajstić information content (AvgIpc) is 2.77. The number of nitrogens with one attached hydrogen (secondary N) is 1. The lowest BCUT2D eigenvalue weighted by Crippen LogP contribution is -2.43. The van der Waals surface area contributed by atoms with Gasteiger partial charge in [-0.2, -0.15) is 0 Å². The van der Waals surface area contributed by atoms with E-state index in [1.54, 1.807) is 31.3 Å². The van der Waals surface area contributed by atoms with Crippen molar-refractivity contribution in [3.8, 4) is 11.5 Å². The smallest absolute Gasteiger partial charge is 0.257 e. The molecule has 0 unspecified atom stereocenters. The van der Waals surface area contributed by atoms with Gasteiger partial charge < -0.3 is 19.7 Å². The summed E-state index contributed by atoms with van der Waals surface area (Å²) in [4.78, 5) is 27.1. The average molecular weight is 382 g/mol. The van der Waals surface area contributed by atoms with E-state index in [2.05, 4.69) is 5.32 Å². The molecule has 1 saturated heterocycles. The second-order valence-electron chi connectivity index (χ2n) is 6.80. The number of carbonyl (C=O) groups is 2. The van der Waals surface area contributed by atoms with E-state index in [-0.39, 0.29) is 17.7 Å². The van der Waals surface area contributed by atoms with E-state index in [4.69, 9.17) is 9.47 Å². The summed E-state index contributed by atoms with van der Waals surface area (Å²) in [5.41, 5.74) is 1.51. The molecule has 1 fully saturated rings. The number of benzene rings is 2. The van der Waals surface area contributed by atoms with Crippen LogP contribution in [0.1, 0.15) is 28.8 Å². The first-order valence-electron chi connectivity index (χ1n) is 9.46. The van der Waals surface area contributed by atoms with Gasteiger partial charge in [-0.05, 0) is 31.0 Å². The number of likely N-dealkylation sites (tertiary alicyclic amines) is 1. The first-order valence-corrected chi connectivity index (χ1v) is 9.46. The third-order valence-corrected chi connectivity index (χ3v) is 5.14. The van der Waals surface area contributed by atoms with E-state index >= 15 is 0 Å². The fourth-order valence-electron chi connectivity index (χ4n) is 3.51. The lowest BCUT2D eigenvalue weighted by molar-refractivity contribution is -0.126. The molecule has 2 amide bonds. The van der Waals surface area contributed by atoms with Gasteiger partial charge in [0, 0.05) is 31.1 Å². The van der Waals surface area contributed by atoms with E-state index in [1.165, 1.54) is 0 Å². The third-order valence-electron chi connectivity index (χ3n) is 5.14. The minimum atomic E-state index is -0.0866. The lowest BCUT2D eigenvalue weighted by atomic mass is 9.95. The van der Waals surface area contributed by atoms with E-state index in [1.807, 2.05) is 36.4 Å². The first kappa shape index (κ1) is 19.7. The molecule has 0 aromatic heterocycles. The maximum Gasteiger partial charge on any atom is 0.257 e. The number of nitrogens with zero attached hydrogens (tertiary/aromatic N) is 1. The van der Waals surface area contributed by atoms with Gasteiger partial charge in [0.05, 0.1) is 19.8 Å². The number of hydrogen-bond donors (Lipinski definition) is 1. The number of rotatable bonds is 6. The molecule has 0 bridgehead atoms. The highest BCUT2D eigenvalue weighted by Crippen LogP contribution is 2.24. The van der Waals surface area contributed by atoms with Crippen molar-refractivity contribution in [3.05, 3.63) is 59.7 Å². The predicted molar refractivity (Wildman–Crippen MR) is 106 cm³/mol. The Balaban J connectivity index is 1.53. The molecule has 1 N–H and O–H groups in total.